The zero-order valence-electron chi connectivity index (χ0n) is 37.9. The summed E-state index contributed by atoms with van der Waals surface area (Å²) in [6, 6.07) is 5.84. The van der Waals surface area contributed by atoms with Gasteiger partial charge in [0.15, 0.2) is 11.9 Å². The summed E-state index contributed by atoms with van der Waals surface area (Å²) in [6.07, 6.45) is -0.842. The normalized spacial score (nSPS) is 31.8. The number of rotatable bonds is 11. The Hall–Kier alpha value is -4.16. The van der Waals surface area contributed by atoms with Gasteiger partial charge >= 0.3 is 12.1 Å². The number of ketones is 1. The van der Waals surface area contributed by atoms with Crippen LogP contribution in [0, 0.1) is 11.8 Å². The van der Waals surface area contributed by atoms with Crippen molar-refractivity contribution in [1.29, 1.82) is 0 Å². The molecule has 4 heterocycles. The van der Waals surface area contributed by atoms with Gasteiger partial charge in [0.25, 0.3) is 0 Å². The first-order valence-electron chi connectivity index (χ1n) is 21.7. The summed E-state index contributed by atoms with van der Waals surface area (Å²) < 4.78 is 33.0. The summed E-state index contributed by atoms with van der Waals surface area (Å²) in [5.74, 6) is -2.87. The van der Waals surface area contributed by atoms with E-state index in [4.69, 9.17) is 29.4 Å². The molecular formula is C49H89N7O10. The highest BCUT2D eigenvalue weighted by molar-refractivity contribution is 5.99. The van der Waals surface area contributed by atoms with Crippen molar-refractivity contribution < 1.29 is 48.0 Å². The lowest BCUT2D eigenvalue weighted by molar-refractivity contribution is -0.289. The van der Waals surface area contributed by atoms with Crippen LogP contribution in [-0.2, 0) is 44.6 Å². The fourth-order valence-electron chi connectivity index (χ4n) is 9.50. The van der Waals surface area contributed by atoms with Gasteiger partial charge in [-0.2, -0.15) is 0 Å². The van der Waals surface area contributed by atoms with Crippen molar-refractivity contribution in [3.05, 3.63) is 30.5 Å². The predicted octanol–water partition coefficient (Wildman–Crippen LogP) is 7.48. The standard InChI is InChI=1S/C44H69N7O10.5CH4/c1-12-36-44(8)39(50(42(56)61-44)19-14-13-18-49-25-33(46-47-49)31-16-15-17-32(45)21-31)29(5)51(30(6)52)24-26(2)23-43(7,57-11)37(22-35(53)28(4)40(55)59-36)60-41-38(54)34(48(9)10)20-27(3)58-41;;;;;/h15-17,21,25-29,34,36-39,41,54H,12-14,18-20,22-24,45H2,1-11H3;5*1H4/t26-,27?,28-,29-,34?,36-,37-,38?,39-,41+,43+,44-;;;;;/m1...../s1. The Balaban J connectivity index is 0.00000845. The van der Waals surface area contributed by atoms with Crippen LogP contribution >= 0.6 is 0 Å². The number of cyclic esters (lactones) is 1. The first-order valence-corrected chi connectivity index (χ1v) is 21.7. The van der Waals surface area contributed by atoms with E-state index >= 15 is 0 Å². The van der Waals surface area contributed by atoms with E-state index in [2.05, 4.69) is 10.3 Å². The third-order valence-electron chi connectivity index (χ3n) is 13.1. The van der Waals surface area contributed by atoms with Crippen molar-refractivity contribution in [3.63, 3.8) is 0 Å². The Morgan fingerprint density at radius 2 is 1.68 bits per heavy atom. The number of carbonyl (C=O) groups excluding carboxylic acids is 4. The Morgan fingerprint density at radius 3 is 2.27 bits per heavy atom. The number of hydrogen-bond donors (Lipinski definition) is 2. The molecule has 0 aliphatic carbocycles. The van der Waals surface area contributed by atoms with Gasteiger partial charge in [0.2, 0.25) is 5.91 Å². The Morgan fingerprint density at radius 1 is 1.03 bits per heavy atom. The molecule has 0 radical (unpaired) electrons. The molecule has 1 aromatic carbocycles. The number of methoxy groups -OCH3 is 1. The van der Waals surface area contributed by atoms with Crippen molar-refractivity contribution in [1.82, 2.24) is 29.7 Å². The molecule has 380 valence electrons. The summed E-state index contributed by atoms with van der Waals surface area (Å²) in [5, 5.41) is 20.0. The highest BCUT2D eigenvalue weighted by Gasteiger charge is 2.59. The Labute approximate surface area is 397 Å². The second-order valence-corrected chi connectivity index (χ2v) is 18.1. The lowest BCUT2D eigenvalue weighted by Gasteiger charge is -2.46. The number of Topliss-reactive ketones (excluding diaryl/α,β-unsaturated/α-hetero) is 1. The first kappa shape index (κ1) is 61.8. The average molecular weight is 936 g/mol. The molecule has 5 rings (SSSR count). The number of aliphatic hydroxyl groups is 1. The van der Waals surface area contributed by atoms with E-state index < -0.39 is 71.7 Å². The smallest absolute Gasteiger partial charge is 0.410 e. The number of unbranched alkanes of at least 4 members (excludes halogenated alkanes) is 1. The first-order chi connectivity index (χ1) is 28.7. The number of esters is 1. The number of aryl methyl sites for hydroxylation is 1. The highest BCUT2D eigenvalue weighted by Crippen LogP contribution is 2.41. The lowest BCUT2D eigenvalue weighted by atomic mass is 9.82. The minimum atomic E-state index is -1.39. The fourth-order valence-corrected chi connectivity index (χ4v) is 9.50. The van der Waals surface area contributed by atoms with Gasteiger partial charge in [-0.3, -0.25) is 24.0 Å². The van der Waals surface area contributed by atoms with E-state index in [-0.39, 0.29) is 80.5 Å². The molecule has 0 spiro atoms. The van der Waals surface area contributed by atoms with Gasteiger partial charge < -0.3 is 44.3 Å². The van der Waals surface area contributed by atoms with Crippen LogP contribution in [0.1, 0.15) is 131 Å². The maximum Gasteiger partial charge on any atom is 0.410 e. The summed E-state index contributed by atoms with van der Waals surface area (Å²) in [4.78, 5) is 61.1. The van der Waals surface area contributed by atoms with Crippen LogP contribution in [0.25, 0.3) is 11.3 Å². The molecule has 2 aromatic rings. The SMILES string of the molecule is C.C.C.C.C.CC[C@H]1OC(=O)[C@H](C)C(=O)C[C@@H](O[C@@H]2OC(C)CC(N(C)C)C2O)[C@@](C)(OC)C[C@@H](C)CN(C(C)=O)[C@H](C)[C@H]2N(CCCCn3cc(-c4cccc(N)c4)nn3)C(=O)O[C@]12C. The number of nitrogen functional groups attached to an aromatic ring is 1. The molecule has 17 heteroatoms. The second kappa shape index (κ2) is 25.8. The molecule has 0 bridgehead atoms. The van der Waals surface area contributed by atoms with E-state index in [1.807, 2.05) is 84.1 Å². The molecule has 3 aliphatic heterocycles. The minimum Gasteiger partial charge on any atom is -0.458 e. The van der Waals surface area contributed by atoms with Crippen molar-refractivity contribution in [2.45, 2.75) is 198 Å². The number of aliphatic hydroxyl groups excluding tert-OH is 1. The van der Waals surface area contributed by atoms with Crippen molar-refractivity contribution in [2.24, 2.45) is 11.8 Å². The Kier molecular flexibility index (Phi) is 24.2. The molecule has 3 saturated heterocycles. The molecule has 2 amide bonds. The van der Waals surface area contributed by atoms with Gasteiger partial charge in [-0.25, -0.2) is 4.79 Å². The molecule has 12 atom stereocenters. The minimum absolute atomic E-state index is 0. The zero-order chi connectivity index (χ0) is 45.0. The molecule has 3 unspecified atom stereocenters. The van der Waals surface area contributed by atoms with Gasteiger partial charge in [0.05, 0.1) is 36.1 Å². The average Bonchev–Trinajstić information content (AvgIpc) is 3.78. The topological polar surface area (TPSA) is 201 Å². The summed E-state index contributed by atoms with van der Waals surface area (Å²) in [5.41, 5.74) is 5.63. The number of anilines is 1. The van der Waals surface area contributed by atoms with Crippen LogP contribution in [0.3, 0.4) is 0 Å². The number of fused-ring (bicyclic) bond motifs is 1. The quantitative estimate of drug-likeness (QED) is 0.0972. The van der Waals surface area contributed by atoms with Gasteiger partial charge in [0, 0.05) is 57.4 Å². The third kappa shape index (κ3) is 13.7. The molecule has 3 fully saturated rings. The fraction of sp³-hybridized carbons (Fsp3) is 0.755. The largest absolute Gasteiger partial charge is 0.458 e. The van der Waals surface area contributed by atoms with Crippen LogP contribution in [-0.4, -0.2) is 153 Å². The lowest BCUT2D eigenvalue weighted by Crippen LogP contribution is -2.62. The van der Waals surface area contributed by atoms with Crippen molar-refractivity contribution >= 4 is 29.4 Å². The van der Waals surface area contributed by atoms with E-state index in [1.165, 1.54) is 21.0 Å². The van der Waals surface area contributed by atoms with Crippen LogP contribution in [0.2, 0.25) is 0 Å². The van der Waals surface area contributed by atoms with E-state index in [0.29, 0.717) is 50.2 Å². The van der Waals surface area contributed by atoms with E-state index in [1.54, 1.807) is 21.4 Å². The maximum atomic E-state index is 14.1. The monoisotopic (exact) mass is 936 g/mol. The molecule has 17 nitrogen and oxygen atoms in total. The number of amides is 2. The summed E-state index contributed by atoms with van der Waals surface area (Å²) in [7, 11) is 5.29. The number of aromatic nitrogens is 3. The second-order valence-electron chi connectivity index (χ2n) is 18.1. The maximum absolute atomic E-state index is 14.1. The number of likely N-dealkylation sites (N-methyl/N-ethyl adjacent to an activating group) is 1. The van der Waals surface area contributed by atoms with Crippen LogP contribution in [0.15, 0.2) is 30.5 Å². The number of hydrogen-bond acceptors (Lipinski definition) is 14. The molecule has 1 aromatic heterocycles. The van der Waals surface area contributed by atoms with Gasteiger partial charge in [-0.15, -0.1) is 5.10 Å². The molecule has 0 saturated carbocycles. The molecule has 3 N–H and O–H groups in total. The number of ether oxygens (including phenoxy) is 5. The molecule has 3 aliphatic rings. The predicted molar refractivity (Wildman–Crippen MR) is 260 cm³/mol. The zero-order valence-corrected chi connectivity index (χ0v) is 37.9. The number of carbonyl (C=O) groups is 4. The Bertz CT molecular complexity index is 1850. The molecular weight excluding hydrogens is 847 g/mol. The third-order valence-corrected chi connectivity index (χ3v) is 13.1. The van der Waals surface area contributed by atoms with Gasteiger partial charge in [-0.05, 0) is 98.9 Å². The van der Waals surface area contributed by atoms with Gasteiger partial charge in [0.1, 0.15) is 29.6 Å². The number of nitrogens with zero attached hydrogens (tertiary/aromatic N) is 6. The highest BCUT2D eigenvalue weighted by atomic mass is 16.7. The number of nitrogens with two attached hydrogens (primary N) is 1. The number of benzene rings is 1. The van der Waals surface area contributed by atoms with Gasteiger partial charge in [-0.1, -0.05) is 68.3 Å². The van der Waals surface area contributed by atoms with E-state index in [0.717, 1.165) is 5.56 Å². The van der Waals surface area contributed by atoms with Crippen molar-refractivity contribution in [3.8, 4) is 11.3 Å². The summed E-state index contributed by atoms with van der Waals surface area (Å²) in [6.45, 7) is 15.3. The van der Waals surface area contributed by atoms with Crippen LogP contribution in [0.5, 0.6) is 0 Å². The molecule has 66 heavy (non-hydrogen) atoms. The van der Waals surface area contributed by atoms with E-state index in [9.17, 15) is 24.3 Å². The van der Waals surface area contributed by atoms with Crippen LogP contribution < -0.4 is 5.73 Å². The summed E-state index contributed by atoms with van der Waals surface area (Å²) >= 11 is 0. The van der Waals surface area contributed by atoms with Crippen LogP contribution in [0.4, 0.5) is 10.5 Å². The van der Waals surface area contributed by atoms with Crippen molar-refractivity contribution in [2.75, 3.05) is 40.0 Å².